The minimum absolute atomic E-state index is 0.000661. The van der Waals surface area contributed by atoms with Gasteiger partial charge in [-0.1, -0.05) is 11.6 Å². The Morgan fingerprint density at radius 2 is 1.42 bits per heavy atom. The Labute approximate surface area is 271 Å². The van der Waals surface area contributed by atoms with Crippen molar-refractivity contribution in [2.45, 2.75) is 12.8 Å². The Hall–Kier alpha value is -4.47. The summed E-state index contributed by atoms with van der Waals surface area (Å²) in [5, 5.41) is 25.0. The average molecular weight is 678 g/mol. The van der Waals surface area contributed by atoms with Crippen LogP contribution in [0, 0.1) is 15.4 Å². The van der Waals surface area contributed by atoms with Crippen LogP contribution in [0.1, 0.15) is 29.5 Å². The van der Waals surface area contributed by atoms with Crippen molar-refractivity contribution in [3.05, 3.63) is 94.2 Å². The molecule has 45 heavy (non-hydrogen) atoms. The molecule has 0 spiro atoms. The number of carbonyl (C=O) groups is 1. The van der Waals surface area contributed by atoms with Crippen LogP contribution >= 0.6 is 36.0 Å². The lowest BCUT2D eigenvalue weighted by molar-refractivity contribution is -0.118. The van der Waals surface area contributed by atoms with Crippen molar-refractivity contribution >= 4 is 47.6 Å². The number of hydrogen-bond donors (Lipinski definition) is 3. The molecule has 12 nitrogen and oxygen atoms in total. The molecule has 4 aromatic rings. The lowest BCUT2D eigenvalue weighted by Gasteiger charge is -2.24. The van der Waals surface area contributed by atoms with E-state index >= 15 is 0 Å². The second kappa shape index (κ2) is 13.3. The van der Waals surface area contributed by atoms with Gasteiger partial charge in [-0.2, -0.15) is 0 Å². The minimum Gasteiger partial charge on any atom is -0.494 e. The van der Waals surface area contributed by atoms with Gasteiger partial charge in [-0.05, 0) is 73.3 Å². The summed E-state index contributed by atoms with van der Waals surface area (Å²) in [5.74, 6) is -3.53. The first kappa shape index (κ1) is 33.4. The quantitative estimate of drug-likeness (QED) is 0.224. The van der Waals surface area contributed by atoms with Gasteiger partial charge in [0, 0.05) is 33.9 Å². The van der Waals surface area contributed by atoms with Crippen molar-refractivity contribution < 1.29 is 28.9 Å². The summed E-state index contributed by atoms with van der Waals surface area (Å²) in [6, 6.07) is 7.94. The second-order valence-electron chi connectivity index (χ2n) is 9.93. The van der Waals surface area contributed by atoms with E-state index < -0.39 is 47.1 Å². The predicted molar refractivity (Wildman–Crippen MR) is 170 cm³/mol. The number of ether oxygens (including phenoxy) is 2. The highest BCUT2D eigenvalue weighted by molar-refractivity contribution is 7.71. The van der Waals surface area contributed by atoms with Gasteiger partial charge in [0.15, 0.2) is 27.6 Å². The van der Waals surface area contributed by atoms with Crippen LogP contribution in [-0.2, 0) is 33.0 Å². The molecule has 16 heteroatoms. The average Bonchev–Trinajstić information content (AvgIpc) is 3.01. The van der Waals surface area contributed by atoms with Gasteiger partial charge in [0.25, 0.3) is 17.0 Å². The van der Waals surface area contributed by atoms with E-state index in [-0.39, 0.29) is 49.4 Å². The first-order valence-corrected chi connectivity index (χ1v) is 14.5. The maximum Gasteiger partial charge on any atom is 0.262 e. The molecule has 0 unspecified atom stereocenters. The molecule has 0 saturated carbocycles. The molecule has 0 bridgehead atoms. The molecule has 0 fully saturated rings. The molecule has 2 aromatic heterocycles. The van der Waals surface area contributed by atoms with E-state index in [1.807, 2.05) is 0 Å². The van der Waals surface area contributed by atoms with Crippen molar-refractivity contribution in [3.8, 4) is 23.3 Å². The molecule has 2 heterocycles. The van der Waals surface area contributed by atoms with Crippen LogP contribution in [-0.4, -0.2) is 47.6 Å². The summed E-state index contributed by atoms with van der Waals surface area (Å²) >= 11 is 17.2. The zero-order chi connectivity index (χ0) is 33.3. The third-order valence-electron chi connectivity index (χ3n) is 7.05. The van der Waals surface area contributed by atoms with Gasteiger partial charge in [0.05, 0.1) is 28.7 Å². The molecule has 2 aromatic carbocycles. The zero-order valence-corrected chi connectivity index (χ0v) is 27.1. The Bertz CT molecular complexity index is 1970. The van der Waals surface area contributed by atoms with Gasteiger partial charge < -0.3 is 25.0 Å². The van der Waals surface area contributed by atoms with Gasteiger partial charge in [-0.15, -0.1) is 0 Å². The number of aromatic nitrogens is 4. The molecule has 0 aliphatic carbocycles. The van der Waals surface area contributed by atoms with Gasteiger partial charge in [-0.25, -0.2) is 4.39 Å². The van der Waals surface area contributed by atoms with Gasteiger partial charge in [0.1, 0.15) is 5.82 Å². The molecule has 0 atom stereocenters. The molecule has 0 saturated heterocycles. The minimum atomic E-state index is -1.42. The van der Waals surface area contributed by atoms with Crippen molar-refractivity contribution in [2.75, 3.05) is 18.5 Å². The summed E-state index contributed by atoms with van der Waals surface area (Å²) in [4.78, 5) is 39.9. The molecular formula is C29H29ClFN5O7S2. The van der Waals surface area contributed by atoms with Crippen molar-refractivity contribution in [1.29, 1.82) is 0 Å². The third-order valence-corrected chi connectivity index (χ3v) is 8.43. The SMILES string of the molecule is CCOc1cc(C(c2c(O)n(C)c(=S)n(C)c2=O)c2c(O)n(C)c(=S)n(C)c2=O)cc(Cl)c1OCC(=O)Nc1ccc(F)cc1. The molecule has 4 rings (SSSR count). The van der Waals surface area contributed by atoms with Crippen molar-refractivity contribution in [3.63, 3.8) is 0 Å². The number of amides is 1. The van der Waals surface area contributed by atoms with Crippen molar-refractivity contribution in [2.24, 2.45) is 28.2 Å². The normalized spacial score (nSPS) is 11.1. The smallest absolute Gasteiger partial charge is 0.262 e. The molecule has 0 radical (unpaired) electrons. The van der Waals surface area contributed by atoms with Crippen LogP contribution in [0.5, 0.6) is 23.3 Å². The first-order valence-electron chi connectivity index (χ1n) is 13.3. The monoisotopic (exact) mass is 677 g/mol. The summed E-state index contributed by atoms with van der Waals surface area (Å²) < 4.78 is 29.3. The fraction of sp³-hybridized carbons (Fsp3) is 0.276. The Morgan fingerprint density at radius 1 is 0.911 bits per heavy atom. The van der Waals surface area contributed by atoms with Crippen LogP contribution in [0.4, 0.5) is 10.1 Å². The number of hydrogen-bond acceptors (Lipinski definition) is 9. The summed E-state index contributed by atoms with van der Waals surface area (Å²) in [7, 11) is 5.69. The summed E-state index contributed by atoms with van der Waals surface area (Å²) in [5.41, 5.74) is -1.55. The first-order chi connectivity index (χ1) is 21.2. The number of aromatic hydroxyl groups is 2. The Balaban J connectivity index is 1.92. The van der Waals surface area contributed by atoms with E-state index in [1.54, 1.807) is 6.92 Å². The number of halogens is 2. The lowest BCUT2D eigenvalue weighted by atomic mass is 9.86. The number of carbonyl (C=O) groups excluding carboxylic acids is 1. The predicted octanol–water partition coefficient (Wildman–Crippen LogP) is 4.02. The largest absolute Gasteiger partial charge is 0.494 e. The van der Waals surface area contributed by atoms with Gasteiger partial charge in [-0.3, -0.25) is 32.7 Å². The molecule has 0 aliphatic heterocycles. The number of nitrogens with zero attached hydrogens (tertiary/aromatic N) is 4. The van der Waals surface area contributed by atoms with Crippen LogP contribution in [0.25, 0.3) is 0 Å². The number of nitrogens with one attached hydrogen (secondary N) is 1. The van der Waals surface area contributed by atoms with E-state index in [1.165, 1.54) is 73.7 Å². The Kier molecular flexibility index (Phi) is 9.85. The highest BCUT2D eigenvalue weighted by Gasteiger charge is 2.34. The van der Waals surface area contributed by atoms with E-state index in [0.717, 1.165) is 9.13 Å². The highest BCUT2D eigenvalue weighted by atomic mass is 35.5. The second-order valence-corrected chi connectivity index (χ2v) is 11.1. The fourth-order valence-corrected chi connectivity index (χ4v) is 5.34. The number of anilines is 1. The maximum atomic E-state index is 13.7. The van der Waals surface area contributed by atoms with Crippen molar-refractivity contribution in [1.82, 2.24) is 18.3 Å². The molecular weight excluding hydrogens is 649 g/mol. The molecule has 0 aliphatic rings. The lowest BCUT2D eigenvalue weighted by Crippen LogP contribution is -2.33. The summed E-state index contributed by atoms with van der Waals surface area (Å²) in [6.45, 7) is 1.31. The number of benzene rings is 2. The number of rotatable bonds is 9. The molecule has 3 N–H and O–H groups in total. The highest BCUT2D eigenvalue weighted by Crippen LogP contribution is 2.43. The summed E-state index contributed by atoms with van der Waals surface area (Å²) in [6.07, 6.45) is 0. The van der Waals surface area contributed by atoms with Crippen LogP contribution < -0.4 is 25.9 Å². The zero-order valence-electron chi connectivity index (χ0n) is 24.8. The topological polar surface area (TPSA) is 142 Å². The van der Waals surface area contributed by atoms with Crippen LogP contribution in [0.15, 0.2) is 46.0 Å². The van der Waals surface area contributed by atoms with E-state index in [2.05, 4.69) is 5.32 Å². The fourth-order valence-electron chi connectivity index (χ4n) is 4.73. The van der Waals surface area contributed by atoms with Crippen LogP contribution in [0.2, 0.25) is 5.02 Å². The van der Waals surface area contributed by atoms with E-state index in [0.29, 0.717) is 5.69 Å². The van der Waals surface area contributed by atoms with Crippen LogP contribution in [0.3, 0.4) is 0 Å². The molecule has 1 amide bonds. The molecule has 238 valence electrons. The maximum absolute atomic E-state index is 13.7. The van der Waals surface area contributed by atoms with Gasteiger partial charge >= 0.3 is 0 Å². The third kappa shape index (κ3) is 6.36. The van der Waals surface area contributed by atoms with E-state index in [9.17, 15) is 29.0 Å². The van der Waals surface area contributed by atoms with E-state index in [4.69, 9.17) is 45.5 Å². The Morgan fingerprint density at radius 3 is 1.91 bits per heavy atom. The standard InChI is InChI=1S/C29H29ClFN5O7S2/c1-6-42-18-12-14(11-17(30)23(18)43-13-19(37)32-16-9-7-15(31)8-10-16)20(21-24(38)33(2)28(44)34(3)25(21)39)22-26(40)35(4)29(45)36(5)27(22)41/h7-12,20,38,40H,6,13H2,1-5H3,(H,32,37). The van der Waals surface area contributed by atoms with Gasteiger partial charge in [0.2, 0.25) is 11.8 Å².